The van der Waals surface area contributed by atoms with Crippen LogP contribution in [0.4, 0.5) is 0 Å². The van der Waals surface area contributed by atoms with Crippen molar-refractivity contribution in [3.8, 4) is 40.1 Å². The molecule has 172 valence electrons. The van der Waals surface area contributed by atoms with E-state index >= 15 is 0 Å². The Morgan fingerprint density at radius 3 is 2.09 bits per heavy atom. The number of aromatic nitrogens is 3. The molecule has 2 heterocycles. The Kier molecular flexibility index (Phi) is 6.09. The van der Waals surface area contributed by atoms with E-state index in [0.29, 0.717) is 28.8 Å². The van der Waals surface area contributed by atoms with Gasteiger partial charge in [0.25, 0.3) is 0 Å². The molecule has 0 bridgehead atoms. The van der Waals surface area contributed by atoms with Crippen LogP contribution in [-0.2, 0) is 0 Å². The standard InChI is InChI=1S/C25H22N4O4S/c1-30-21-13-17(14-22(31-2)23(21)32-3)24-26-27-25-29(24)28-20(15-34-25)16-9-11-19(12-10-16)33-18-7-5-4-6-8-18/h4-14H,15H2,1-3H3. The Morgan fingerprint density at radius 2 is 1.44 bits per heavy atom. The molecule has 0 aliphatic carbocycles. The van der Waals surface area contributed by atoms with Crippen molar-refractivity contribution < 1.29 is 18.9 Å². The lowest BCUT2D eigenvalue weighted by Crippen LogP contribution is -2.13. The molecule has 5 rings (SSSR count). The molecule has 0 atom stereocenters. The molecular formula is C25H22N4O4S. The highest BCUT2D eigenvalue weighted by Crippen LogP contribution is 2.41. The summed E-state index contributed by atoms with van der Waals surface area (Å²) in [4.78, 5) is 0. The molecule has 1 aliphatic heterocycles. The first-order valence-corrected chi connectivity index (χ1v) is 11.5. The van der Waals surface area contributed by atoms with Gasteiger partial charge in [0.1, 0.15) is 11.5 Å². The van der Waals surface area contributed by atoms with Gasteiger partial charge in [-0.2, -0.15) is 9.78 Å². The van der Waals surface area contributed by atoms with E-state index in [9.17, 15) is 0 Å². The zero-order valence-corrected chi connectivity index (χ0v) is 19.7. The van der Waals surface area contributed by atoms with Crippen LogP contribution < -0.4 is 18.9 Å². The summed E-state index contributed by atoms with van der Waals surface area (Å²) in [7, 11) is 4.73. The van der Waals surface area contributed by atoms with Gasteiger partial charge in [-0.25, -0.2) is 0 Å². The monoisotopic (exact) mass is 474 g/mol. The molecule has 34 heavy (non-hydrogen) atoms. The fourth-order valence-corrected chi connectivity index (χ4v) is 4.44. The molecule has 4 aromatic rings. The quantitative estimate of drug-likeness (QED) is 0.368. The molecule has 8 nitrogen and oxygen atoms in total. The van der Waals surface area contributed by atoms with Crippen LogP contribution in [0.3, 0.4) is 0 Å². The number of benzene rings is 3. The fourth-order valence-electron chi connectivity index (χ4n) is 3.60. The number of ether oxygens (including phenoxy) is 4. The first kappa shape index (κ1) is 21.8. The summed E-state index contributed by atoms with van der Waals surface area (Å²) >= 11 is 1.58. The highest BCUT2D eigenvalue weighted by Gasteiger charge is 2.23. The smallest absolute Gasteiger partial charge is 0.212 e. The molecule has 0 saturated heterocycles. The average molecular weight is 475 g/mol. The van der Waals surface area contributed by atoms with Gasteiger partial charge in [-0.1, -0.05) is 30.0 Å². The van der Waals surface area contributed by atoms with Gasteiger partial charge in [0.2, 0.25) is 10.9 Å². The number of thioether (sulfide) groups is 1. The van der Waals surface area contributed by atoms with Crippen LogP contribution in [0.5, 0.6) is 28.7 Å². The van der Waals surface area contributed by atoms with Gasteiger partial charge < -0.3 is 18.9 Å². The Balaban J connectivity index is 1.46. The van der Waals surface area contributed by atoms with Crippen LogP contribution in [0.1, 0.15) is 5.56 Å². The Morgan fingerprint density at radius 1 is 0.765 bits per heavy atom. The molecule has 1 aliphatic rings. The van der Waals surface area contributed by atoms with Crippen LogP contribution in [0.15, 0.2) is 77.0 Å². The van der Waals surface area contributed by atoms with Crippen molar-refractivity contribution in [1.82, 2.24) is 14.9 Å². The molecule has 0 unspecified atom stereocenters. The zero-order valence-electron chi connectivity index (χ0n) is 18.9. The molecule has 3 aromatic carbocycles. The van der Waals surface area contributed by atoms with Crippen molar-refractivity contribution in [1.29, 1.82) is 0 Å². The highest BCUT2D eigenvalue weighted by molar-refractivity contribution is 7.99. The Hall–Kier alpha value is -3.98. The number of nitrogens with zero attached hydrogens (tertiary/aromatic N) is 4. The molecule has 1 aromatic heterocycles. The van der Waals surface area contributed by atoms with E-state index in [1.165, 1.54) is 0 Å². The lowest BCUT2D eigenvalue weighted by molar-refractivity contribution is 0.324. The second kappa shape index (κ2) is 9.48. The first-order chi connectivity index (χ1) is 16.7. The minimum absolute atomic E-state index is 0.517. The minimum Gasteiger partial charge on any atom is -0.493 e. The summed E-state index contributed by atoms with van der Waals surface area (Å²) < 4.78 is 24.1. The number of hydrogen-bond donors (Lipinski definition) is 0. The van der Waals surface area contributed by atoms with Crippen molar-refractivity contribution in [3.63, 3.8) is 0 Å². The Bertz CT molecular complexity index is 1310. The maximum atomic E-state index is 5.90. The van der Waals surface area contributed by atoms with E-state index in [1.807, 2.05) is 66.7 Å². The third-order valence-corrected chi connectivity index (χ3v) is 6.19. The van der Waals surface area contributed by atoms with Crippen molar-refractivity contribution >= 4 is 17.5 Å². The molecule has 9 heteroatoms. The van der Waals surface area contributed by atoms with Crippen LogP contribution in [0.2, 0.25) is 0 Å². The number of fused-ring (bicyclic) bond motifs is 1. The van der Waals surface area contributed by atoms with E-state index < -0.39 is 0 Å². The predicted molar refractivity (Wildman–Crippen MR) is 131 cm³/mol. The number of para-hydroxylation sites is 1. The SMILES string of the molecule is COc1cc(-c2nnc3n2N=C(c2ccc(Oc4ccccc4)cc2)CS3)cc(OC)c1OC. The summed E-state index contributed by atoms with van der Waals surface area (Å²) in [5.74, 6) is 4.43. The maximum absolute atomic E-state index is 5.90. The van der Waals surface area contributed by atoms with Crippen molar-refractivity contribution in [2.75, 3.05) is 27.1 Å². The zero-order chi connectivity index (χ0) is 23.5. The van der Waals surface area contributed by atoms with Crippen molar-refractivity contribution in [2.45, 2.75) is 5.16 Å². The third kappa shape index (κ3) is 4.17. The molecule has 0 amide bonds. The molecular weight excluding hydrogens is 452 g/mol. The van der Waals surface area contributed by atoms with Gasteiger partial charge in [-0.3, -0.25) is 0 Å². The van der Waals surface area contributed by atoms with Crippen LogP contribution in [0.25, 0.3) is 11.4 Å². The summed E-state index contributed by atoms with van der Waals surface area (Å²) in [5.41, 5.74) is 2.67. The summed E-state index contributed by atoms with van der Waals surface area (Å²) in [6.07, 6.45) is 0. The van der Waals surface area contributed by atoms with Crippen molar-refractivity contribution in [2.24, 2.45) is 5.10 Å². The molecule has 0 radical (unpaired) electrons. The first-order valence-electron chi connectivity index (χ1n) is 10.5. The number of hydrogen-bond acceptors (Lipinski definition) is 8. The van der Waals surface area contributed by atoms with Gasteiger partial charge in [0.15, 0.2) is 17.3 Å². The Labute approximate surface area is 201 Å². The topological polar surface area (TPSA) is 80.0 Å². The van der Waals surface area contributed by atoms with Gasteiger partial charge in [-0.05, 0) is 54.1 Å². The lowest BCUT2D eigenvalue weighted by Gasteiger charge is -2.16. The van der Waals surface area contributed by atoms with Gasteiger partial charge in [0.05, 0.1) is 27.0 Å². The third-order valence-electron chi connectivity index (χ3n) is 5.26. The van der Waals surface area contributed by atoms with Crippen LogP contribution in [0, 0.1) is 0 Å². The molecule has 0 spiro atoms. The highest BCUT2D eigenvalue weighted by atomic mass is 32.2. The predicted octanol–water partition coefficient (Wildman–Crippen LogP) is 5.12. The largest absolute Gasteiger partial charge is 0.493 e. The van der Waals surface area contributed by atoms with Gasteiger partial charge >= 0.3 is 0 Å². The second-order valence-electron chi connectivity index (χ2n) is 7.31. The van der Waals surface area contributed by atoms with Crippen LogP contribution in [-0.4, -0.2) is 47.7 Å². The number of rotatable bonds is 7. The summed E-state index contributed by atoms with van der Waals surface area (Å²) in [5, 5.41) is 14.3. The normalized spacial score (nSPS) is 12.5. The fraction of sp³-hybridized carbons (Fsp3) is 0.160. The lowest BCUT2D eigenvalue weighted by atomic mass is 10.1. The summed E-state index contributed by atoms with van der Waals surface area (Å²) in [6.45, 7) is 0. The minimum atomic E-state index is 0.517. The molecule has 0 fully saturated rings. The summed E-state index contributed by atoms with van der Waals surface area (Å²) in [6, 6.07) is 21.3. The van der Waals surface area contributed by atoms with E-state index in [0.717, 1.165) is 33.5 Å². The van der Waals surface area contributed by atoms with E-state index in [2.05, 4.69) is 10.2 Å². The second-order valence-corrected chi connectivity index (χ2v) is 8.25. The van der Waals surface area contributed by atoms with Gasteiger partial charge in [0, 0.05) is 11.3 Å². The maximum Gasteiger partial charge on any atom is 0.212 e. The average Bonchev–Trinajstić information content (AvgIpc) is 3.32. The van der Waals surface area contributed by atoms with E-state index in [-0.39, 0.29) is 0 Å². The molecule has 0 N–H and O–H groups in total. The van der Waals surface area contributed by atoms with Gasteiger partial charge in [-0.15, -0.1) is 10.2 Å². The van der Waals surface area contributed by atoms with Crippen molar-refractivity contribution in [3.05, 3.63) is 72.3 Å². The van der Waals surface area contributed by atoms with E-state index in [1.54, 1.807) is 37.8 Å². The van der Waals surface area contributed by atoms with E-state index in [4.69, 9.17) is 24.0 Å². The number of methoxy groups -OCH3 is 3. The molecule has 0 saturated carbocycles. The van der Waals surface area contributed by atoms with Crippen LogP contribution >= 0.6 is 11.8 Å².